The standard InChI is InChI=1S/C26H36N6O5/c1-15(2)29-18(12-16-6-8-17(36-5)9-7-16)25(35)30-22-20(13-33)37-26(23(22)34)32-14-28-21-19(31(3)4)10-11-27-24(21)32/h6-11,14-15,18,20,22-23,26,29,33-34H,12-13H2,1-5H3,(H,30,35)/t18?,20-,22?,23+,26-/m1/s1. The summed E-state index contributed by atoms with van der Waals surface area (Å²) in [6, 6.07) is 8.06. The Labute approximate surface area is 216 Å². The molecule has 11 nitrogen and oxygen atoms in total. The number of hydrogen-bond donors (Lipinski definition) is 4. The van der Waals surface area contributed by atoms with E-state index in [2.05, 4.69) is 20.6 Å². The molecule has 0 radical (unpaired) electrons. The molecule has 4 rings (SSSR count). The van der Waals surface area contributed by atoms with Crippen LogP contribution in [0.3, 0.4) is 0 Å². The number of anilines is 1. The smallest absolute Gasteiger partial charge is 0.237 e. The first-order valence-corrected chi connectivity index (χ1v) is 12.4. The van der Waals surface area contributed by atoms with Gasteiger partial charge in [0.05, 0.1) is 37.8 Å². The van der Waals surface area contributed by atoms with Gasteiger partial charge in [-0.15, -0.1) is 0 Å². The molecule has 0 spiro atoms. The molecule has 1 saturated heterocycles. The Hall–Kier alpha value is -3.25. The van der Waals surface area contributed by atoms with E-state index in [4.69, 9.17) is 9.47 Å². The highest BCUT2D eigenvalue weighted by molar-refractivity contribution is 5.86. The Morgan fingerprint density at radius 1 is 1.22 bits per heavy atom. The Morgan fingerprint density at radius 3 is 2.57 bits per heavy atom. The van der Waals surface area contributed by atoms with Gasteiger partial charge in [-0.2, -0.15) is 0 Å². The van der Waals surface area contributed by atoms with Crippen LogP contribution in [0.25, 0.3) is 11.2 Å². The molecule has 2 aromatic heterocycles. The van der Waals surface area contributed by atoms with E-state index in [0.717, 1.165) is 17.0 Å². The van der Waals surface area contributed by atoms with Crippen LogP contribution in [0.5, 0.6) is 5.75 Å². The summed E-state index contributed by atoms with van der Waals surface area (Å²) in [6.07, 6.45) is 0.845. The third-order valence-electron chi connectivity index (χ3n) is 6.51. The summed E-state index contributed by atoms with van der Waals surface area (Å²) in [7, 11) is 5.43. The van der Waals surface area contributed by atoms with E-state index >= 15 is 0 Å². The molecule has 1 aliphatic rings. The van der Waals surface area contributed by atoms with Crippen LogP contribution in [0.1, 0.15) is 25.6 Å². The number of pyridine rings is 1. The fourth-order valence-electron chi connectivity index (χ4n) is 4.67. The van der Waals surface area contributed by atoms with Crippen molar-refractivity contribution in [2.45, 2.75) is 56.8 Å². The molecule has 1 fully saturated rings. The first-order valence-electron chi connectivity index (χ1n) is 12.4. The van der Waals surface area contributed by atoms with Gasteiger partial charge < -0.3 is 35.2 Å². The molecular weight excluding hydrogens is 476 g/mol. The number of ether oxygens (including phenoxy) is 2. The zero-order valence-electron chi connectivity index (χ0n) is 21.8. The molecule has 2 unspecified atom stereocenters. The molecule has 1 aliphatic heterocycles. The average Bonchev–Trinajstić information content (AvgIpc) is 3.44. The van der Waals surface area contributed by atoms with E-state index < -0.39 is 30.5 Å². The zero-order chi connectivity index (χ0) is 26.7. The highest BCUT2D eigenvalue weighted by Gasteiger charge is 2.46. The van der Waals surface area contributed by atoms with Crippen LogP contribution in [0.2, 0.25) is 0 Å². The van der Waals surface area contributed by atoms with Crippen molar-refractivity contribution in [3.63, 3.8) is 0 Å². The summed E-state index contributed by atoms with van der Waals surface area (Å²) < 4.78 is 12.9. The Bertz CT molecular complexity index is 1200. The lowest BCUT2D eigenvalue weighted by Gasteiger charge is -2.26. The topological polar surface area (TPSA) is 134 Å². The summed E-state index contributed by atoms with van der Waals surface area (Å²) >= 11 is 0. The second-order valence-electron chi connectivity index (χ2n) is 9.75. The van der Waals surface area contributed by atoms with Gasteiger partial charge >= 0.3 is 0 Å². The van der Waals surface area contributed by atoms with Gasteiger partial charge in [-0.1, -0.05) is 26.0 Å². The van der Waals surface area contributed by atoms with Crippen molar-refractivity contribution >= 4 is 22.8 Å². The van der Waals surface area contributed by atoms with Crippen LogP contribution in [-0.2, 0) is 16.0 Å². The number of aliphatic hydroxyl groups excluding tert-OH is 2. The number of hydrogen-bond acceptors (Lipinski definition) is 9. The summed E-state index contributed by atoms with van der Waals surface area (Å²) in [6.45, 7) is 3.56. The molecule has 1 amide bonds. The van der Waals surface area contributed by atoms with E-state index in [0.29, 0.717) is 17.6 Å². The molecule has 1 aromatic carbocycles. The van der Waals surface area contributed by atoms with Crippen molar-refractivity contribution in [3.8, 4) is 5.75 Å². The lowest BCUT2D eigenvalue weighted by molar-refractivity contribution is -0.125. The number of fused-ring (bicyclic) bond motifs is 1. The molecule has 3 heterocycles. The van der Waals surface area contributed by atoms with E-state index in [-0.39, 0.29) is 18.6 Å². The largest absolute Gasteiger partial charge is 0.497 e. The van der Waals surface area contributed by atoms with E-state index in [1.165, 1.54) is 0 Å². The highest BCUT2D eigenvalue weighted by Crippen LogP contribution is 2.33. The molecule has 5 atom stereocenters. The van der Waals surface area contributed by atoms with Gasteiger partial charge in [-0.25, -0.2) is 9.97 Å². The fourth-order valence-corrected chi connectivity index (χ4v) is 4.67. The Kier molecular flexibility index (Phi) is 8.28. The predicted octanol–water partition coefficient (Wildman–Crippen LogP) is 0.851. The number of methoxy groups -OCH3 is 1. The van der Waals surface area contributed by atoms with Crippen LogP contribution in [0, 0.1) is 0 Å². The first-order chi connectivity index (χ1) is 17.7. The maximum atomic E-state index is 13.4. The molecule has 37 heavy (non-hydrogen) atoms. The average molecular weight is 513 g/mol. The molecule has 0 aliphatic carbocycles. The van der Waals surface area contributed by atoms with Gasteiger partial charge in [0.25, 0.3) is 0 Å². The summed E-state index contributed by atoms with van der Waals surface area (Å²) in [4.78, 5) is 24.2. The van der Waals surface area contributed by atoms with Crippen molar-refractivity contribution in [3.05, 3.63) is 48.4 Å². The summed E-state index contributed by atoms with van der Waals surface area (Å²) in [5.41, 5.74) is 3.04. The van der Waals surface area contributed by atoms with Gasteiger partial charge in [-0.05, 0) is 30.2 Å². The lowest BCUT2D eigenvalue weighted by atomic mass is 10.0. The minimum Gasteiger partial charge on any atom is -0.497 e. The number of carbonyl (C=O) groups is 1. The fraction of sp³-hybridized carbons (Fsp3) is 0.500. The predicted molar refractivity (Wildman–Crippen MR) is 140 cm³/mol. The quantitative estimate of drug-likeness (QED) is 0.312. The Morgan fingerprint density at radius 2 is 1.95 bits per heavy atom. The molecule has 11 heteroatoms. The molecule has 0 saturated carbocycles. The second kappa shape index (κ2) is 11.4. The molecule has 0 bridgehead atoms. The number of carbonyl (C=O) groups excluding carboxylic acids is 1. The monoisotopic (exact) mass is 512 g/mol. The Balaban J connectivity index is 1.54. The van der Waals surface area contributed by atoms with Crippen molar-refractivity contribution in [1.82, 2.24) is 25.2 Å². The number of benzene rings is 1. The van der Waals surface area contributed by atoms with Gasteiger partial charge in [0.2, 0.25) is 5.91 Å². The van der Waals surface area contributed by atoms with Gasteiger partial charge in [-0.3, -0.25) is 9.36 Å². The molecule has 4 N–H and O–H groups in total. The number of nitrogens with one attached hydrogen (secondary N) is 2. The van der Waals surface area contributed by atoms with Crippen LogP contribution >= 0.6 is 0 Å². The van der Waals surface area contributed by atoms with Crippen LogP contribution in [0.15, 0.2) is 42.9 Å². The van der Waals surface area contributed by atoms with Crippen LogP contribution in [0.4, 0.5) is 5.69 Å². The van der Waals surface area contributed by atoms with Crippen LogP contribution in [-0.4, -0.2) is 88.8 Å². The van der Waals surface area contributed by atoms with Crippen molar-refractivity contribution in [2.24, 2.45) is 0 Å². The van der Waals surface area contributed by atoms with Gasteiger partial charge in [0.1, 0.15) is 23.5 Å². The maximum Gasteiger partial charge on any atom is 0.237 e. The van der Waals surface area contributed by atoms with Crippen molar-refractivity contribution < 1.29 is 24.5 Å². The van der Waals surface area contributed by atoms with Gasteiger partial charge in [0, 0.05) is 26.3 Å². The maximum absolute atomic E-state index is 13.4. The zero-order valence-corrected chi connectivity index (χ0v) is 21.8. The molecule has 200 valence electrons. The van der Waals surface area contributed by atoms with Crippen LogP contribution < -0.4 is 20.3 Å². The highest BCUT2D eigenvalue weighted by atomic mass is 16.5. The van der Waals surface area contributed by atoms with E-state index in [1.54, 1.807) is 24.2 Å². The normalized spacial score (nSPS) is 22.4. The third-order valence-corrected chi connectivity index (χ3v) is 6.51. The van der Waals surface area contributed by atoms with Gasteiger partial charge in [0.15, 0.2) is 11.9 Å². The SMILES string of the molecule is COc1ccc(CC(NC(C)C)C(=O)NC2[C@@H](CO)O[C@@H](n3cnc4c(N(C)C)ccnc43)[C@H]2O)cc1. The number of imidazole rings is 1. The lowest BCUT2D eigenvalue weighted by Crippen LogP contribution is -2.55. The first kappa shape index (κ1) is 26.8. The number of aliphatic hydroxyl groups is 2. The number of nitrogens with zero attached hydrogens (tertiary/aromatic N) is 4. The number of amides is 1. The van der Waals surface area contributed by atoms with E-state index in [1.807, 2.05) is 63.2 Å². The third kappa shape index (κ3) is 5.69. The summed E-state index contributed by atoms with van der Waals surface area (Å²) in [5, 5.41) is 27.5. The minimum atomic E-state index is -1.14. The number of aromatic nitrogens is 3. The minimum absolute atomic E-state index is 0.0504. The van der Waals surface area contributed by atoms with E-state index in [9.17, 15) is 15.0 Å². The van der Waals surface area contributed by atoms with Crippen molar-refractivity contribution in [1.29, 1.82) is 0 Å². The van der Waals surface area contributed by atoms with Crippen molar-refractivity contribution in [2.75, 3.05) is 32.7 Å². The molecule has 3 aromatic rings. The summed E-state index contributed by atoms with van der Waals surface area (Å²) in [5.74, 6) is 0.448. The molecular formula is C26H36N6O5. The number of rotatable bonds is 10. The second-order valence-corrected chi connectivity index (χ2v) is 9.75.